The molecule has 0 radical (unpaired) electrons. The molecular formula is C29H20N2O3. The second kappa shape index (κ2) is 8.71. The van der Waals surface area contributed by atoms with Gasteiger partial charge >= 0.3 is 5.69 Å². The summed E-state index contributed by atoms with van der Waals surface area (Å²) in [5, 5.41) is 14.2. The maximum atomic E-state index is 14.0. The Kier molecular flexibility index (Phi) is 5.44. The Labute approximate surface area is 196 Å². The quantitative estimate of drug-likeness (QED) is 0.166. The Morgan fingerprint density at radius 3 is 2.03 bits per heavy atom. The average Bonchev–Trinajstić information content (AvgIpc) is 2.88. The topological polar surface area (TPSA) is 73.1 Å². The lowest BCUT2D eigenvalue weighted by atomic mass is 9.88. The molecule has 0 bridgehead atoms. The van der Waals surface area contributed by atoms with Gasteiger partial charge in [-0.15, -0.1) is 0 Å². The fraction of sp³-hybridized carbons (Fsp3) is 0.0345. The van der Waals surface area contributed by atoms with Crippen molar-refractivity contribution in [3.63, 3.8) is 0 Å². The molecule has 0 saturated carbocycles. The van der Waals surface area contributed by atoms with Gasteiger partial charge in [-0.3, -0.25) is 14.9 Å². The summed E-state index contributed by atoms with van der Waals surface area (Å²) in [6, 6.07) is 31.2. The number of aromatic nitrogens is 1. The van der Waals surface area contributed by atoms with Crippen molar-refractivity contribution in [2.45, 2.75) is 6.92 Å². The van der Waals surface area contributed by atoms with E-state index in [0.29, 0.717) is 22.4 Å². The molecule has 0 aliphatic rings. The summed E-state index contributed by atoms with van der Waals surface area (Å²) in [7, 11) is 0. The van der Waals surface area contributed by atoms with E-state index in [1.165, 1.54) is 0 Å². The molecule has 0 spiro atoms. The van der Waals surface area contributed by atoms with Crippen molar-refractivity contribution in [2.24, 2.45) is 0 Å². The lowest BCUT2D eigenvalue weighted by Gasteiger charge is -2.16. The normalized spacial score (nSPS) is 10.9. The highest BCUT2D eigenvalue weighted by atomic mass is 16.6. The van der Waals surface area contributed by atoms with E-state index in [1.54, 1.807) is 37.3 Å². The first-order valence-electron chi connectivity index (χ1n) is 10.9. The van der Waals surface area contributed by atoms with Crippen LogP contribution >= 0.6 is 0 Å². The third kappa shape index (κ3) is 3.63. The largest absolute Gasteiger partial charge is 0.304 e. The van der Waals surface area contributed by atoms with Gasteiger partial charge in [-0.25, -0.2) is 4.98 Å². The highest BCUT2D eigenvalue weighted by Gasteiger charge is 2.32. The van der Waals surface area contributed by atoms with Crippen molar-refractivity contribution in [1.29, 1.82) is 0 Å². The van der Waals surface area contributed by atoms with Crippen LogP contribution in [-0.4, -0.2) is 15.7 Å². The summed E-state index contributed by atoms with van der Waals surface area (Å²) in [5.41, 5.74) is 2.76. The van der Waals surface area contributed by atoms with Gasteiger partial charge in [0.2, 0.25) is 0 Å². The Bertz CT molecular complexity index is 1540. The van der Waals surface area contributed by atoms with E-state index in [-0.39, 0.29) is 28.3 Å². The molecule has 164 valence electrons. The Hall–Kier alpha value is -4.64. The predicted octanol–water partition coefficient (Wildman–Crippen LogP) is 7.02. The van der Waals surface area contributed by atoms with Crippen molar-refractivity contribution in [2.75, 3.05) is 0 Å². The lowest BCUT2D eigenvalue weighted by molar-refractivity contribution is -0.383. The minimum Gasteiger partial charge on any atom is -0.288 e. The lowest BCUT2D eigenvalue weighted by Crippen LogP contribution is -2.12. The average molecular weight is 444 g/mol. The van der Waals surface area contributed by atoms with Crippen LogP contribution in [0.2, 0.25) is 0 Å². The fourth-order valence-corrected chi connectivity index (χ4v) is 4.39. The molecule has 1 heterocycles. The molecule has 0 unspecified atom stereocenters. The van der Waals surface area contributed by atoms with Gasteiger partial charge in [0.25, 0.3) is 0 Å². The van der Waals surface area contributed by atoms with Crippen molar-refractivity contribution in [3.8, 4) is 22.4 Å². The number of carbonyl (C=O) groups is 1. The number of aryl methyl sites for hydroxylation is 1. The third-order valence-electron chi connectivity index (χ3n) is 5.91. The molecule has 0 amide bonds. The van der Waals surface area contributed by atoms with Crippen LogP contribution in [0.3, 0.4) is 0 Å². The number of carbonyl (C=O) groups excluding carboxylic acids is 1. The number of rotatable bonds is 5. The maximum absolute atomic E-state index is 14.0. The highest BCUT2D eigenvalue weighted by molar-refractivity contribution is 6.20. The van der Waals surface area contributed by atoms with Gasteiger partial charge in [0.1, 0.15) is 5.69 Å². The molecule has 5 heteroatoms. The van der Waals surface area contributed by atoms with Crippen LogP contribution in [0.4, 0.5) is 5.69 Å². The fourth-order valence-electron chi connectivity index (χ4n) is 4.39. The summed E-state index contributed by atoms with van der Waals surface area (Å²) in [4.78, 5) is 30.7. The Morgan fingerprint density at radius 2 is 1.35 bits per heavy atom. The smallest absolute Gasteiger partial charge is 0.288 e. The predicted molar refractivity (Wildman–Crippen MR) is 134 cm³/mol. The number of nitro groups is 1. The van der Waals surface area contributed by atoms with E-state index < -0.39 is 4.92 Å². The monoisotopic (exact) mass is 444 g/mol. The minimum atomic E-state index is -0.434. The maximum Gasteiger partial charge on any atom is 0.304 e. The van der Waals surface area contributed by atoms with Crippen LogP contribution in [0.15, 0.2) is 103 Å². The summed E-state index contributed by atoms with van der Waals surface area (Å²) in [6.45, 7) is 1.74. The summed E-state index contributed by atoms with van der Waals surface area (Å²) >= 11 is 0. The molecule has 0 saturated heterocycles. The van der Waals surface area contributed by atoms with Gasteiger partial charge in [-0.05, 0) is 23.3 Å². The van der Waals surface area contributed by atoms with Crippen LogP contribution < -0.4 is 0 Å². The standard InChI is InChI=1S/C29H20N2O3/c1-19-25(29(32)24-18-10-16-20-11-8-9-17-23(20)24)26(21-12-4-2-5-13-21)28(31(33)34)27(30-19)22-14-6-3-7-15-22/h2-18H,1H3. The third-order valence-corrected chi connectivity index (χ3v) is 5.91. The zero-order valence-corrected chi connectivity index (χ0v) is 18.4. The number of pyridine rings is 1. The minimum absolute atomic E-state index is 0.174. The highest BCUT2D eigenvalue weighted by Crippen LogP contribution is 2.42. The molecule has 0 aliphatic heterocycles. The molecule has 5 aromatic rings. The molecule has 34 heavy (non-hydrogen) atoms. The zero-order chi connectivity index (χ0) is 23.7. The Balaban J connectivity index is 1.87. The molecule has 4 aromatic carbocycles. The van der Waals surface area contributed by atoms with Crippen LogP contribution in [0.25, 0.3) is 33.2 Å². The van der Waals surface area contributed by atoms with Gasteiger partial charge in [-0.2, -0.15) is 0 Å². The van der Waals surface area contributed by atoms with E-state index >= 15 is 0 Å². The Morgan fingerprint density at radius 1 is 0.765 bits per heavy atom. The van der Waals surface area contributed by atoms with Crippen LogP contribution in [0.5, 0.6) is 0 Å². The van der Waals surface area contributed by atoms with E-state index in [2.05, 4.69) is 4.98 Å². The van der Waals surface area contributed by atoms with Gasteiger partial charge in [-0.1, -0.05) is 103 Å². The number of hydrogen-bond acceptors (Lipinski definition) is 4. The summed E-state index contributed by atoms with van der Waals surface area (Å²) < 4.78 is 0. The number of hydrogen-bond donors (Lipinski definition) is 0. The molecular weight excluding hydrogens is 424 g/mol. The zero-order valence-electron chi connectivity index (χ0n) is 18.4. The van der Waals surface area contributed by atoms with Crippen LogP contribution in [0, 0.1) is 17.0 Å². The number of nitrogens with zero attached hydrogens (tertiary/aromatic N) is 2. The van der Waals surface area contributed by atoms with E-state index in [0.717, 1.165) is 10.8 Å². The molecule has 0 atom stereocenters. The van der Waals surface area contributed by atoms with E-state index in [9.17, 15) is 14.9 Å². The van der Waals surface area contributed by atoms with Crippen molar-refractivity contribution in [3.05, 3.63) is 130 Å². The van der Waals surface area contributed by atoms with Crippen molar-refractivity contribution in [1.82, 2.24) is 4.98 Å². The van der Waals surface area contributed by atoms with Crippen LogP contribution in [0.1, 0.15) is 21.6 Å². The van der Waals surface area contributed by atoms with Gasteiger partial charge < -0.3 is 0 Å². The van der Waals surface area contributed by atoms with Gasteiger partial charge in [0, 0.05) is 11.1 Å². The van der Waals surface area contributed by atoms with Crippen LogP contribution in [-0.2, 0) is 0 Å². The molecule has 5 rings (SSSR count). The van der Waals surface area contributed by atoms with E-state index in [1.807, 2.05) is 72.8 Å². The number of ketones is 1. The summed E-state index contributed by atoms with van der Waals surface area (Å²) in [6.07, 6.45) is 0. The molecule has 1 aromatic heterocycles. The first kappa shape index (κ1) is 21.2. The molecule has 5 nitrogen and oxygen atoms in total. The molecule has 0 fully saturated rings. The second-order valence-electron chi connectivity index (χ2n) is 7.99. The number of benzene rings is 4. The number of fused-ring (bicyclic) bond motifs is 1. The SMILES string of the molecule is Cc1nc(-c2ccccc2)c([N+](=O)[O-])c(-c2ccccc2)c1C(=O)c1cccc2ccccc12. The first-order valence-corrected chi connectivity index (χ1v) is 10.9. The molecule has 0 aliphatic carbocycles. The van der Waals surface area contributed by atoms with E-state index in [4.69, 9.17) is 0 Å². The summed E-state index contributed by atoms with van der Waals surface area (Å²) in [5.74, 6) is -0.289. The van der Waals surface area contributed by atoms with Gasteiger partial charge in [0.05, 0.1) is 21.7 Å². The first-order chi connectivity index (χ1) is 16.6. The molecule has 0 N–H and O–H groups in total. The second-order valence-corrected chi connectivity index (χ2v) is 7.99. The van der Waals surface area contributed by atoms with Gasteiger partial charge in [0.15, 0.2) is 5.78 Å². The van der Waals surface area contributed by atoms with Crippen molar-refractivity contribution >= 4 is 22.2 Å². The van der Waals surface area contributed by atoms with Crippen molar-refractivity contribution < 1.29 is 9.72 Å².